The van der Waals surface area contributed by atoms with Crippen LogP contribution in [-0.4, -0.2) is 49.2 Å². The van der Waals surface area contributed by atoms with E-state index in [1.807, 2.05) is 14.0 Å². The molecular weight excluding hydrogens is 204 g/mol. The maximum Gasteiger partial charge on any atom is 0.236 e. The van der Waals surface area contributed by atoms with Crippen LogP contribution in [0.4, 0.5) is 0 Å². The molecule has 16 heavy (non-hydrogen) atoms. The van der Waals surface area contributed by atoms with E-state index in [4.69, 9.17) is 4.74 Å². The highest BCUT2D eigenvalue weighted by atomic mass is 16.5. The summed E-state index contributed by atoms with van der Waals surface area (Å²) in [5, 5.41) is 3.16. The molecule has 1 N–H and O–H groups in total. The molecule has 0 radical (unpaired) electrons. The van der Waals surface area contributed by atoms with Crippen molar-refractivity contribution < 1.29 is 9.53 Å². The summed E-state index contributed by atoms with van der Waals surface area (Å²) in [5.74, 6) is 0.139. The summed E-state index contributed by atoms with van der Waals surface area (Å²) in [4.78, 5) is 13.2. The van der Waals surface area contributed by atoms with Crippen molar-refractivity contribution in [1.82, 2.24) is 10.2 Å². The molecule has 1 fully saturated rings. The maximum atomic E-state index is 11.5. The Hall–Kier alpha value is -0.610. The topological polar surface area (TPSA) is 41.6 Å². The second-order valence-corrected chi connectivity index (χ2v) is 5.08. The summed E-state index contributed by atoms with van der Waals surface area (Å²) < 4.78 is 5.83. The molecule has 4 nitrogen and oxygen atoms in total. The van der Waals surface area contributed by atoms with E-state index >= 15 is 0 Å². The second-order valence-electron chi connectivity index (χ2n) is 5.08. The van der Waals surface area contributed by atoms with Gasteiger partial charge in [-0.1, -0.05) is 0 Å². The molecule has 1 rings (SSSR count). The fourth-order valence-corrected chi connectivity index (χ4v) is 1.87. The summed E-state index contributed by atoms with van der Waals surface area (Å²) in [6, 6.07) is 0. The van der Waals surface area contributed by atoms with Crippen molar-refractivity contribution in [2.75, 3.05) is 26.7 Å². The zero-order chi connectivity index (χ0) is 12.2. The number of amides is 1. The van der Waals surface area contributed by atoms with Gasteiger partial charge in [0.1, 0.15) is 0 Å². The lowest BCUT2D eigenvalue weighted by Gasteiger charge is -2.20. The molecular formula is C12H24N2O2. The molecule has 1 aliphatic heterocycles. The molecule has 1 atom stereocenters. The van der Waals surface area contributed by atoms with Crippen LogP contribution in [0.25, 0.3) is 0 Å². The monoisotopic (exact) mass is 228 g/mol. The molecule has 4 heteroatoms. The van der Waals surface area contributed by atoms with Crippen molar-refractivity contribution in [2.45, 2.75) is 45.3 Å². The number of carbonyl (C=O) groups is 1. The molecule has 0 aromatic rings. The minimum atomic E-state index is 0.0105. The van der Waals surface area contributed by atoms with Crippen molar-refractivity contribution in [3.63, 3.8) is 0 Å². The first kappa shape index (κ1) is 13.5. The summed E-state index contributed by atoms with van der Waals surface area (Å²) in [6.07, 6.45) is 2.44. The van der Waals surface area contributed by atoms with E-state index in [0.717, 1.165) is 25.9 Å². The molecule has 0 spiro atoms. The zero-order valence-corrected chi connectivity index (χ0v) is 10.9. The van der Waals surface area contributed by atoms with Gasteiger partial charge in [0.05, 0.1) is 18.2 Å². The third-order valence-corrected chi connectivity index (χ3v) is 3.10. The first-order valence-electron chi connectivity index (χ1n) is 6.07. The normalized spacial score (nSPS) is 23.4. The van der Waals surface area contributed by atoms with Crippen molar-refractivity contribution in [2.24, 2.45) is 0 Å². The van der Waals surface area contributed by atoms with Crippen LogP contribution in [0.15, 0.2) is 0 Å². The fraction of sp³-hybridized carbons (Fsp3) is 0.917. The molecule has 0 aromatic heterocycles. The van der Waals surface area contributed by atoms with Gasteiger partial charge in [0.25, 0.3) is 0 Å². The molecule has 0 bridgehead atoms. The molecule has 0 saturated carbocycles. The molecule has 1 aliphatic rings. The van der Waals surface area contributed by atoms with Gasteiger partial charge in [-0.3, -0.25) is 4.79 Å². The third-order valence-electron chi connectivity index (χ3n) is 3.10. The van der Waals surface area contributed by atoms with Crippen molar-refractivity contribution in [3.05, 3.63) is 0 Å². The highest BCUT2D eigenvalue weighted by Gasteiger charge is 2.31. The summed E-state index contributed by atoms with van der Waals surface area (Å²) in [5.41, 5.74) is 0.0105. The van der Waals surface area contributed by atoms with Crippen LogP contribution in [0.5, 0.6) is 0 Å². The average molecular weight is 228 g/mol. The molecule has 0 aromatic carbocycles. The lowest BCUT2D eigenvalue weighted by atomic mass is 10.1. The molecule has 94 valence electrons. The summed E-state index contributed by atoms with van der Waals surface area (Å²) in [6.45, 7) is 8.14. The maximum absolute atomic E-state index is 11.5. The third kappa shape index (κ3) is 4.10. The van der Waals surface area contributed by atoms with Gasteiger partial charge >= 0.3 is 0 Å². The van der Waals surface area contributed by atoms with Crippen molar-refractivity contribution in [3.8, 4) is 0 Å². The molecule has 1 heterocycles. The number of nitrogens with zero attached hydrogens (tertiary/aromatic N) is 1. The Morgan fingerprint density at radius 3 is 2.75 bits per heavy atom. The van der Waals surface area contributed by atoms with Gasteiger partial charge in [-0.2, -0.15) is 0 Å². The van der Waals surface area contributed by atoms with Crippen LogP contribution < -0.4 is 5.32 Å². The number of likely N-dealkylation sites (N-methyl/N-ethyl adjacent to an activating group) is 1. The van der Waals surface area contributed by atoms with Crippen LogP contribution in [0.1, 0.15) is 33.6 Å². The van der Waals surface area contributed by atoms with E-state index in [-0.39, 0.29) is 17.6 Å². The SMILES string of the molecule is CCN(C)C(=O)CNCC1CCC(C)(C)O1. The highest BCUT2D eigenvalue weighted by molar-refractivity contribution is 5.77. The fourth-order valence-electron chi connectivity index (χ4n) is 1.87. The largest absolute Gasteiger partial charge is 0.371 e. The minimum Gasteiger partial charge on any atom is -0.371 e. The minimum absolute atomic E-state index is 0.0105. The molecule has 1 unspecified atom stereocenters. The van der Waals surface area contributed by atoms with E-state index in [1.165, 1.54) is 0 Å². The Balaban J connectivity index is 2.15. The second kappa shape index (κ2) is 5.64. The van der Waals surface area contributed by atoms with Gasteiger partial charge in [-0.15, -0.1) is 0 Å². The van der Waals surface area contributed by atoms with Crippen LogP contribution in [0.3, 0.4) is 0 Å². The average Bonchev–Trinajstić information content (AvgIpc) is 2.57. The van der Waals surface area contributed by atoms with Crippen LogP contribution in [0.2, 0.25) is 0 Å². The van der Waals surface area contributed by atoms with Crippen molar-refractivity contribution in [1.29, 1.82) is 0 Å². The van der Waals surface area contributed by atoms with Crippen LogP contribution in [0, 0.1) is 0 Å². The molecule has 1 amide bonds. The first-order valence-corrected chi connectivity index (χ1v) is 6.07. The van der Waals surface area contributed by atoms with Gasteiger partial charge in [-0.25, -0.2) is 0 Å². The lowest BCUT2D eigenvalue weighted by Crippen LogP contribution is -2.38. The van der Waals surface area contributed by atoms with E-state index in [2.05, 4.69) is 19.2 Å². The number of ether oxygens (including phenoxy) is 1. The first-order chi connectivity index (χ1) is 7.44. The predicted molar refractivity (Wildman–Crippen MR) is 64.4 cm³/mol. The predicted octanol–water partition coefficient (Wildman–Crippen LogP) is 1.01. The molecule has 0 aliphatic carbocycles. The number of nitrogens with one attached hydrogen (secondary N) is 1. The van der Waals surface area contributed by atoms with Gasteiger partial charge < -0.3 is 15.0 Å². The van der Waals surface area contributed by atoms with E-state index in [9.17, 15) is 4.79 Å². The number of carbonyl (C=O) groups excluding carboxylic acids is 1. The zero-order valence-electron chi connectivity index (χ0n) is 10.9. The number of hydrogen-bond donors (Lipinski definition) is 1. The highest BCUT2D eigenvalue weighted by Crippen LogP contribution is 2.28. The van der Waals surface area contributed by atoms with Gasteiger partial charge in [0.15, 0.2) is 0 Å². The summed E-state index contributed by atoms with van der Waals surface area (Å²) >= 11 is 0. The molecule has 1 saturated heterocycles. The Kier molecular flexibility index (Phi) is 4.74. The lowest BCUT2D eigenvalue weighted by molar-refractivity contribution is -0.128. The smallest absolute Gasteiger partial charge is 0.236 e. The van der Waals surface area contributed by atoms with E-state index in [1.54, 1.807) is 4.90 Å². The Bertz CT molecular complexity index is 241. The van der Waals surface area contributed by atoms with E-state index in [0.29, 0.717) is 6.54 Å². The van der Waals surface area contributed by atoms with Crippen LogP contribution >= 0.6 is 0 Å². The van der Waals surface area contributed by atoms with Gasteiger partial charge in [-0.05, 0) is 33.6 Å². The van der Waals surface area contributed by atoms with Crippen molar-refractivity contribution >= 4 is 5.91 Å². The standard InChI is InChI=1S/C12H24N2O2/c1-5-14(4)11(15)9-13-8-10-6-7-12(2,3)16-10/h10,13H,5-9H2,1-4H3. The quantitative estimate of drug-likeness (QED) is 0.763. The van der Waals surface area contributed by atoms with Crippen LogP contribution in [-0.2, 0) is 9.53 Å². The number of hydrogen-bond acceptors (Lipinski definition) is 3. The summed E-state index contributed by atoms with van der Waals surface area (Å²) in [7, 11) is 1.82. The van der Waals surface area contributed by atoms with Gasteiger partial charge in [0, 0.05) is 20.1 Å². The Morgan fingerprint density at radius 1 is 1.56 bits per heavy atom. The Labute approximate surface area is 98.3 Å². The Morgan fingerprint density at radius 2 is 2.25 bits per heavy atom. The van der Waals surface area contributed by atoms with Gasteiger partial charge in [0.2, 0.25) is 5.91 Å². The number of rotatable bonds is 5. The van der Waals surface area contributed by atoms with E-state index < -0.39 is 0 Å².